The highest BCUT2D eigenvalue weighted by atomic mass is 16.6. The summed E-state index contributed by atoms with van der Waals surface area (Å²) in [6.45, 7) is 7.89. The molecule has 1 fully saturated rings. The Labute approximate surface area is 189 Å². The first kappa shape index (κ1) is 23.8. The van der Waals surface area contributed by atoms with Gasteiger partial charge in [0, 0.05) is 25.5 Å². The van der Waals surface area contributed by atoms with Crippen molar-refractivity contribution < 1.29 is 29.3 Å². The van der Waals surface area contributed by atoms with Crippen molar-refractivity contribution in [3.8, 4) is 0 Å². The maximum Gasteiger partial charge on any atom is 0.421 e. The van der Waals surface area contributed by atoms with E-state index in [4.69, 9.17) is 4.74 Å². The third-order valence-corrected chi connectivity index (χ3v) is 5.11. The topological polar surface area (TPSA) is 163 Å². The van der Waals surface area contributed by atoms with Gasteiger partial charge in [-0.1, -0.05) is 12.1 Å². The number of imide groups is 1. The highest BCUT2D eigenvalue weighted by Gasteiger charge is 2.39. The van der Waals surface area contributed by atoms with Crippen molar-refractivity contribution in [3.63, 3.8) is 0 Å². The summed E-state index contributed by atoms with van der Waals surface area (Å²) in [5.41, 5.74) is -0.441. The lowest BCUT2D eigenvalue weighted by Crippen LogP contribution is -2.57. The molecule has 3 rings (SSSR count). The van der Waals surface area contributed by atoms with Crippen LogP contribution >= 0.6 is 0 Å². The fourth-order valence-corrected chi connectivity index (χ4v) is 3.99. The SMILES string of the molecule is C[C@H]1CN(c2ccncc2N(C(=O)O)C(=O)O)C[C@@H](NC(=O)OC(C)(C)C)[C@H]1n1ccnn1. The van der Waals surface area contributed by atoms with E-state index in [1.54, 1.807) is 43.9 Å². The highest BCUT2D eigenvalue weighted by molar-refractivity contribution is 6.10. The van der Waals surface area contributed by atoms with E-state index in [-0.39, 0.29) is 29.1 Å². The molecule has 0 radical (unpaired) electrons. The van der Waals surface area contributed by atoms with Gasteiger partial charge in [0.25, 0.3) is 0 Å². The fourth-order valence-electron chi connectivity index (χ4n) is 3.99. The van der Waals surface area contributed by atoms with E-state index in [1.807, 2.05) is 11.8 Å². The molecule has 178 valence electrons. The molecule has 33 heavy (non-hydrogen) atoms. The number of pyridine rings is 1. The van der Waals surface area contributed by atoms with Crippen LogP contribution in [0.1, 0.15) is 33.7 Å². The van der Waals surface area contributed by atoms with Gasteiger partial charge in [0.2, 0.25) is 0 Å². The number of rotatable bonds is 4. The lowest BCUT2D eigenvalue weighted by atomic mass is 9.89. The summed E-state index contributed by atoms with van der Waals surface area (Å²) in [7, 11) is 0. The van der Waals surface area contributed by atoms with E-state index in [9.17, 15) is 24.6 Å². The molecule has 13 nitrogen and oxygen atoms in total. The summed E-state index contributed by atoms with van der Waals surface area (Å²) >= 11 is 0. The summed E-state index contributed by atoms with van der Waals surface area (Å²) in [5.74, 6) is -0.0930. The van der Waals surface area contributed by atoms with Crippen LogP contribution in [0.25, 0.3) is 0 Å². The molecule has 0 spiro atoms. The molecule has 2 aromatic rings. The molecule has 3 N–H and O–H groups in total. The lowest BCUT2D eigenvalue weighted by Gasteiger charge is -2.44. The zero-order chi connectivity index (χ0) is 24.3. The second-order valence-corrected chi connectivity index (χ2v) is 8.77. The van der Waals surface area contributed by atoms with Crippen LogP contribution in [0.4, 0.5) is 25.8 Å². The third-order valence-electron chi connectivity index (χ3n) is 5.11. The normalized spacial score (nSPS) is 20.7. The number of carboxylic acid groups (broad SMARTS) is 2. The zero-order valence-corrected chi connectivity index (χ0v) is 18.7. The van der Waals surface area contributed by atoms with Gasteiger partial charge in [0.05, 0.1) is 30.2 Å². The van der Waals surface area contributed by atoms with Gasteiger partial charge in [0.15, 0.2) is 0 Å². The van der Waals surface area contributed by atoms with E-state index in [0.717, 1.165) is 0 Å². The first-order valence-corrected chi connectivity index (χ1v) is 10.3. The van der Waals surface area contributed by atoms with Gasteiger partial charge in [-0.05, 0) is 32.8 Å². The Morgan fingerprint density at radius 3 is 2.45 bits per heavy atom. The second kappa shape index (κ2) is 9.30. The summed E-state index contributed by atoms with van der Waals surface area (Å²) < 4.78 is 7.08. The Balaban J connectivity index is 1.96. The van der Waals surface area contributed by atoms with Gasteiger partial charge >= 0.3 is 18.3 Å². The van der Waals surface area contributed by atoms with Gasteiger partial charge in [-0.2, -0.15) is 4.90 Å². The summed E-state index contributed by atoms with van der Waals surface area (Å²) in [4.78, 5) is 41.7. The molecular weight excluding hydrogens is 434 g/mol. The monoisotopic (exact) mass is 461 g/mol. The Hall–Kier alpha value is -3.90. The average molecular weight is 461 g/mol. The van der Waals surface area contributed by atoms with Crippen LogP contribution in [0, 0.1) is 5.92 Å². The van der Waals surface area contributed by atoms with Crippen LogP contribution < -0.4 is 15.1 Å². The lowest BCUT2D eigenvalue weighted by molar-refractivity contribution is 0.0465. The van der Waals surface area contributed by atoms with Crippen molar-refractivity contribution in [1.29, 1.82) is 0 Å². The number of hydrogen-bond donors (Lipinski definition) is 3. The summed E-state index contributed by atoms with van der Waals surface area (Å²) in [6.07, 6.45) is 1.97. The Bertz CT molecular complexity index is 993. The number of ether oxygens (including phenoxy) is 1. The molecule has 1 aliphatic heterocycles. The number of anilines is 2. The predicted octanol–water partition coefficient (Wildman–Crippen LogP) is 2.43. The molecule has 3 atom stereocenters. The number of alkyl carbamates (subject to hydrolysis) is 1. The number of hydrogen-bond acceptors (Lipinski definition) is 8. The number of amides is 3. The van der Waals surface area contributed by atoms with E-state index < -0.39 is 29.9 Å². The molecule has 1 aliphatic rings. The first-order valence-electron chi connectivity index (χ1n) is 10.3. The van der Waals surface area contributed by atoms with E-state index in [0.29, 0.717) is 12.2 Å². The van der Waals surface area contributed by atoms with E-state index in [2.05, 4.69) is 20.6 Å². The quantitative estimate of drug-likeness (QED) is 0.616. The van der Waals surface area contributed by atoms with Crippen molar-refractivity contribution in [2.45, 2.75) is 45.4 Å². The molecule has 0 saturated carbocycles. The summed E-state index contributed by atoms with van der Waals surface area (Å²) in [6, 6.07) is 0.771. The minimum Gasteiger partial charge on any atom is -0.464 e. The molecule has 1 saturated heterocycles. The first-order chi connectivity index (χ1) is 15.5. The van der Waals surface area contributed by atoms with Gasteiger partial charge in [-0.25, -0.2) is 19.1 Å². The number of piperidine rings is 1. The van der Waals surface area contributed by atoms with Crippen LogP contribution in [0.15, 0.2) is 30.9 Å². The number of carbonyl (C=O) groups excluding carboxylic acids is 1. The fraction of sp³-hybridized carbons (Fsp3) is 0.500. The van der Waals surface area contributed by atoms with E-state index in [1.165, 1.54) is 12.4 Å². The minimum absolute atomic E-state index is 0.0930. The van der Waals surface area contributed by atoms with Crippen molar-refractivity contribution in [2.75, 3.05) is 22.9 Å². The van der Waals surface area contributed by atoms with Gasteiger partial charge in [-0.15, -0.1) is 5.10 Å². The molecular formula is C20H27N7O6. The summed E-state index contributed by atoms with van der Waals surface area (Å²) in [5, 5.41) is 29.7. The maximum atomic E-state index is 12.6. The van der Waals surface area contributed by atoms with Crippen LogP contribution in [-0.4, -0.2) is 73.2 Å². The molecule has 0 aromatic carbocycles. The molecule has 0 bridgehead atoms. The Kier molecular flexibility index (Phi) is 6.70. The molecule has 13 heteroatoms. The molecule has 3 heterocycles. The van der Waals surface area contributed by atoms with Crippen LogP contribution in [0.3, 0.4) is 0 Å². The standard InChI is InChI=1S/C20H27N7O6/c1-12-10-25(14-5-6-21-9-15(14)27(18(29)30)19(31)32)11-13(16(12)26-8-7-22-24-26)23-17(28)33-20(2,3)4/h5-9,12-13,16H,10-11H2,1-4H3,(H,23,28)(H,29,30)(H,31,32)/t12-,13+,16-/m0/s1. The van der Waals surface area contributed by atoms with Crippen molar-refractivity contribution in [3.05, 3.63) is 30.9 Å². The Morgan fingerprint density at radius 1 is 1.18 bits per heavy atom. The smallest absolute Gasteiger partial charge is 0.421 e. The van der Waals surface area contributed by atoms with Crippen LogP contribution in [-0.2, 0) is 4.74 Å². The Morgan fingerprint density at radius 2 is 1.88 bits per heavy atom. The zero-order valence-electron chi connectivity index (χ0n) is 18.7. The van der Waals surface area contributed by atoms with Crippen molar-refractivity contribution in [1.82, 2.24) is 25.3 Å². The largest absolute Gasteiger partial charge is 0.464 e. The number of carbonyl (C=O) groups is 3. The number of aromatic nitrogens is 4. The van der Waals surface area contributed by atoms with Gasteiger partial charge < -0.3 is 25.2 Å². The number of nitrogens with one attached hydrogen (secondary N) is 1. The van der Waals surface area contributed by atoms with Crippen molar-refractivity contribution in [2.24, 2.45) is 5.92 Å². The highest BCUT2D eigenvalue weighted by Crippen LogP contribution is 2.35. The molecule has 3 amide bonds. The molecule has 0 unspecified atom stereocenters. The molecule has 0 aliphatic carbocycles. The third kappa shape index (κ3) is 5.48. The average Bonchev–Trinajstić information content (AvgIpc) is 3.20. The second-order valence-electron chi connectivity index (χ2n) is 8.77. The van der Waals surface area contributed by atoms with Gasteiger partial charge in [-0.3, -0.25) is 4.98 Å². The van der Waals surface area contributed by atoms with E-state index >= 15 is 0 Å². The maximum absolute atomic E-state index is 12.6. The van der Waals surface area contributed by atoms with Crippen molar-refractivity contribution >= 4 is 29.7 Å². The van der Waals surface area contributed by atoms with Crippen LogP contribution in [0.2, 0.25) is 0 Å². The van der Waals surface area contributed by atoms with Gasteiger partial charge in [0.1, 0.15) is 11.3 Å². The molecule has 2 aromatic heterocycles. The number of nitrogens with zero attached hydrogens (tertiary/aromatic N) is 6. The predicted molar refractivity (Wildman–Crippen MR) is 116 cm³/mol. The van der Waals surface area contributed by atoms with Crippen LogP contribution in [0.5, 0.6) is 0 Å². The minimum atomic E-state index is -1.65.